The van der Waals surface area contributed by atoms with Crippen LogP contribution in [0.4, 0.5) is 0 Å². The molecule has 0 aromatic rings. The summed E-state index contributed by atoms with van der Waals surface area (Å²) < 4.78 is 4.82. The number of hydrogen-bond acceptors (Lipinski definition) is 4. The van der Waals surface area contributed by atoms with Crippen molar-refractivity contribution in [3.05, 3.63) is 0 Å². The average molecular weight is 257 g/mol. The van der Waals surface area contributed by atoms with Crippen molar-refractivity contribution in [2.45, 2.75) is 64.5 Å². The monoisotopic (exact) mass is 257 g/mol. The molecule has 4 heteroatoms. The third-order valence-corrected chi connectivity index (χ3v) is 3.76. The van der Waals surface area contributed by atoms with E-state index in [9.17, 15) is 9.90 Å². The minimum absolute atomic E-state index is 0.0877. The zero-order valence-corrected chi connectivity index (χ0v) is 11.7. The van der Waals surface area contributed by atoms with E-state index in [-0.39, 0.29) is 12.4 Å². The molecule has 4 nitrogen and oxygen atoms in total. The van der Waals surface area contributed by atoms with Gasteiger partial charge in [-0.3, -0.25) is 4.79 Å². The maximum atomic E-state index is 11.2. The maximum Gasteiger partial charge on any atom is 0.308 e. The summed E-state index contributed by atoms with van der Waals surface area (Å²) >= 11 is 0. The largest absolute Gasteiger partial charge is 0.466 e. The number of hydrogen-bond donors (Lipinski definition) is 2. The molecule has 2 N–H and O–H groups in total. The molecular formula is C14H27NO3. The lowest BCUT2D eigenvalue weighted by Crippen LogP contribution is -2.42. The Labute approximate surface area is 110 Å². The van der Waals surface area contributed by atoms with Crippen LogP contribution in [-0.2, 0) is 9.53 Å². The molecule has 0 amide bonds. The van der Waals surface area contributed by atoms with Gasteiger partial charge in [-0.05, 0) is 25.7 Å². The van der Waals surface area contributed by atoms with Crippen molar-refractivity contribution in [1.29, 1.82) is 0 Å². The predicted octanol–water partition coefficient (Wildman–Crippen LogP) is 1.86. The summed E-state index contributed by atoms with van der Waals surface area (Å²) in [4.78, 5) is 11.2. The fourth-order valence-corrected chi connectivity index (χ4v) is 2.74. The van der Waals surface area contributed by atoms with Gasteiger partial charge in [-0.15, -0.1) is 0 Å². The van der Waals surface area contributed by atoms with Crippen LogP contribution < -0.4 is 5.32 Å². The first-order valence-electron chi connectivity index (χ1n) is 7.24. The van der Waals surface area contributed by atoms with Crippen molar-refractivity contribution >= 4 is 5.97 Å². The zero-order chi connectivity index (χ0) is 13.4. The van der Waals surface area contributed by atoms with Gasteiger partial charge in [0.05, 0.1) is 19.1 Å². The lowest BCUT2D eigenvalue weighted by molar-refractivity contribution is -0.145. The number of carbonyl (C=O) groups excluding carboxylic acids is 1. The van der Waals surface area contributed by atoms with Gasteiger partial charge in [-0.25, -0.2) is 0 Å². The van der Waals surface area contributed by atoms with E-state index in [0.29, 0.717) is 25.1 Å². The molecule has 106 valence electrons. The Balaban J connectivity index is 2.23. The van der Waals surface area contributed by atoms with Crippen LogP contribution >= 0.6 is 0 Å². The van der Waals surface area contributed by atoms with Crippen LogP contribution in [-0.4, -0.2) is 36.4 Å². The highest BCUT2D eigenvalue weighted by Crippen LogP contribution is 2.26. The molecule has 0 heterocycles. The van der Waals surface area contributed by atoms with Gasteiger partial charge in [-0.2, -0.15) is 0 Å². The van der Waals surface area contributed by atoms with Gasteiger partial charge in [0.25, 0.3) is 0 Å². The van der Waals surface area contributed by atoms with Crippen LogP contribution in [0.25, 0.3) is 0 Å². The second-order valence-corrected chi connectivity index (χ2v) is 5.13. The fraction of sp³-hybridized carbons (Fsp3) is 0.929. The molecule has 0 radical (unpaired) electrons. The summed E-state index contributed by atoms with van der Waals surface area (Å²) in [5, 5.41) is 13.2. The highest BCUT2D eigenvalue weighted by Gasteiger charge is 2.24. The molecule has 1 saturated carbocycles. The van der Waals surface area contributed by atoms with Gasteiger partial charge in [0.2, 0.25) is 0 Å². The molecule has 1 fully saturated rings. The molecule has 1 aliphatic rings. The van der Waals surface area contributed by atoms with Crippen LogP contribution in [0, 0.1) is 5.92 Å². The average Bonchev–Trinajstić information content (AvgIpc) is 2.37. The Hall–Kier alpha value is -0.610. The van der Waals surface area contributed by atoms with Crippen LogP contribution in [0.5, 0.6) is 0 Å². The van der Waals surface area contributed by atoms with Crippen LogP contribution in [0.2, 0.25) is 0 Å². The minimum atomic E-state index is -0.636. The number of ether oxygens (including phenoxy) is 1. The number of rotatable bonds is 7. The van der Waals surface area contributed by atoms with Gasteiger partial charge in [0.1, 0.15) is 0 Å². The Morgan fingerprint density at radius 2 is 2.11 bits per heavy atom. The normalized spacial score (nSPS) is 25.7. The lowest BCUT2D eigenvalue weighted by atomic mass is 9.83. The SMILES string of the molecule is CCOC(=O)CC(O)CNC1CCCCC1CC. The van der Waals surface area contributed by atoms with E-state index < -0.39 is 6.10 Å². The molecule has 1 rings (SSSR count). The van der Waals surface area contributed by atoms with E-state index in [2.05, 4.69) is 12.2 Å². The van der Waals surface area contributed by atoms with Gasteiger partial charge < -0.3 is 15.2 Å². The minimum Gasteiger partial charge on any atom is -0.466 e. The summed E-state index contributed by atoms with van der Waals surface area (Å²) in [6, 6.07) is 0.501. The number of aliphatic hydroxyl groups is 1. The number of esters is 1. The number of carbonyl (C=O) groups is 1. The van der Waals surface area contributed by atoms with E-state index in [4.69, 9.17) is 4.74 Å². The fourth-order valence-electron chi connectivity index (χ4n) is 2.74. The summed E-state index contributed by atoms with van der Waals surface area (Å²) in [5.41, 5.74) is 0. The third-order valence-electron chi connectivity index (χ3n) is 3.76. The van der Waals surface area contributed by atoms with E-state index in [1.54, 1.807) is 6.92 Å². The standard InChI is InChI=1S/C14H27NO3/c1-3-11-7-5-6-8-13(11)15-10-12(16)9-14(17)18-4-2/h11-13,15-16H,3-10H2,1-2H3. The smallest absolute Gasteiger partial charge is 0.308 e. The zero-order valence-electron chi connectivity index (χ0n) is 11.7. The third kappa shape index (κ3) is 5.36. The Morgan fingerprint density at radius 1 is 1.39 bits per heavy atom. The lowest BCUT2D eigenvalue weighted by Gasteiger charge is -2.32. The molecule has 0 aromatic carbocycles. The predicted molar refractivity (Wildman–Crippen MR) is 71.3 cm³/mol. The Kier molecular flexibility index (Phi) is 7.28. The summed E-state index contributed by atoms with van der Waals surface area (Å²) in [7, 11) is 0. The molecule has 3 atom stereocenters. The molecular weight excluding hydrogens is 230 g/mol. The first-order valence-corrected chi connectivity index (χ1v) is 7.24. The van der Waals surface area contributed by atoms with Gasteiger partial charge in [-0.1, -0.05) is 26.2 Å². The van der Waals surface area contributed by atoms with E-state index >= 15 is 0 Å². The Morgan fingerprint density at radius 3 is 2.78 bits per heavy atom. The topological polar surface area (TPSA) is 58.6 Å². The van der Waals surface area contributed by atoms with Crippen LogP contribution in [0.15, 0.2) is 0 Å². The Bertz CT molecular complexity index is 245. The van der Waals surface area contributed by atoms with Crippen molar-refractivity contribution in [2.24, 2.45) is 5.92 Å². The molecule has 0 aromatic heterocycles. The number of nitrogens with one attached hydrogen (secondary N) is 1. The molecule has 18 heavy (non-hydrogen) atoms. The quantitative estimate of drug-likeness (QED) is 0.683. The summed E-state index contributed by atoms with van der Waals surface area (Å²) in [6.07, 6.45) is 5.69. The maximum absolute atomic E-state index is 11.2. The van der Waals surface area contributed by atoms with Gasteiger partial charge >= 0.3 is 5.97 Å². The molecule has 1 aliphatic carbocycles. The first kappa shape index (κ1) is 15.4. The molecule has 0 spiro atoms. The van der Waals surface area contributed by atoms with Gasteiger partial charge in [0.15, 0.2) is 0 Å². The van der Waals surface area contributed by atoms with Crippen molar-refractivity contribution in [3.63, 3.8) is 0 Å². The van der Waals surface area contributed by atoms with Crippen LogP contribution in [0.3, 0.4) is 0 Å². The van der Waals surface area contributed by atoms with Gasteiger partial charge in [0, 0.05) is 12.6 Å². The van der Waals surface area contributed by atoms with Crippen LogP contribution in [0.1, 0.15) is 52.4 Å². The van der Waals surface area contributed by atoms with E-state index in [1.807, 2.05) is 0 Å². The first-order chi connectivity index (χ1) is 8.67. The van der Waals surface area contributed by atoms with E-state index in [1.165, 1.54) is 32.1 Å². The highest BCUT2D eigenvalue weighted by molar-refractivity contribution is 5.69. The van der Waals surface area contributed by atoms with E-state index in [0.717, 1.165) is 0 Å². The molecule has 3 unspecified atom stereocenters. The summed E-state index contributed by atoms with van der Waals surface area (Å²) in [6.45, 7) is 4.86. The molecule has 0 bridgehead atoms. The second kappa shape index (κ2) is 8.48. The summed E-state index contributed by atoms with van der Waals surface area (Å²) in [5.74, 6) is 0.399. The second-order valence-electron chi connectivity index (χ2n) is 5.13. The highest BCUT2D eigenvalue weighted by atomic mass is 16.5. The molecule has 0 aliphatic heterocycles. The van der Waals surface area contributed by atoms with Crippen molar-refractivity contribution in [1.82, 2.24) is 5.32 Å². The van der Waals surface area contributed by atoms with Crippen molar-refractivity contribution in [3.8, 4) is 0 Å². The van der Waals surface area contributed by atoms with Crippen molar-refractivity contribution < 1.29 is 14.6 Å². The molecule has 0 saturated heterocycles. The number of aliphatic hydroxyl groups excluding tert-OH is 1. The van der Waals surface area contributed by atoms with Crippen molar-refractivity contribution in [2.75, 3.05) is 13.2 Å².